The van der Waals surface area contributed by atoms with E-state index in [9.17, 15) is 13.2 Å². The summed E-state index contributed by atoms with van der Waals surface area (Å²) in [5.41, 5.74) is 1.68. The second-order valence-electron chi connectivity index (χ2n) is 5.95. The highest BCUT2D eigenvalue weighted by Gasteiger charge is 2.27. The highest BCUT2D eigenvalue weighted by molar-refractivity contribution is 7.89. The van der Waals surface area contributed by atoms with E-state index in [1.54, 1.807) is 24.8 Å². The summed E-state index contributed by atoms with van der Waals surface area (Å²) in [4.78, 5) is 14.5. The van der Waals surface area contributed by atoms with Gasteiger partial charge in [-0.25, -0.2) is 13.6 Å². The Morgan fingerprint density at radius 2 is 2.04 bits per heavy atom. The van der Waals surface area contributed by atoms with Gasteiger partial charge in [0.25, 0.3) is 5.91 Å². The predicted octanol–water partition coefficient (Wildman–Crippen LogP) is 1.59. The number of hydrogen-bond donors (Lipinski definition) is 1. The highest BCUT2D eigenvalue weighted by Crippen LogP contribution is 2.23. The Morgan fingerprint density at radius 1 is 1.35 bits per heavy atom. The molecule has 1 atom stereocenters. The molecule has 0 saturated carbocycles. The Morgan fingerprint density at radius 3 is 2.65 bits per heavy atom. The van der Waals surface area contributed by atoms with Gasteiger partial charge in [-0.3, -0.25) is 4.79 Å². The summed E-state index contributed by atoms with van der Waals surface area (Å²) >= 11 is 0. The molecule has 1 aromatic rings. The van der Waals surface area contributed by atoms with Gasteiger partial charge in [-0.2, -0.15) is 0 Å². The maximum atomic E-state index is 12.8. The third kappa shape index (κ3) is 4.10. The van der Waals surface area contributed by atoms with Crippen LogP contribution < -0.4 is 5.14 Å². The largest absolute Gasteiger partial charge is 0.377 e. The van der Waals surface area contributed by atoms with Crippen LogP contribution in [0.5, 0.6) is 0 Å². The molecule has 1 saturated heterocycles. The standard InChI is InChI=1S/C16H24N2O4S/c1-4-22-13-6-5-7-18(10-13)16(19)14-9-15(23(17,20)21)12(3)8-11(14)2/h8-9,13H,4-7,10H2,1-3H3,(H2,17,20,21). The van der Waals surface area contributed by atoms with Crippen molar-refractivity contribution >= 4 is 15.9 Å². The molecule has 2 N–H and O–H groups in total. The molecule has 0 bridgehead atoms. The number of nitrogens with zero attached hydrogens (tertiary/aromatic N) is 1. The number of likely N-dealkylation sites (tertiary alicyclic amines) is 1. The van der Waals surface area contributed by atoms with E-state index in [4.69, 9.17) is 9.88 Å². The van der Waals surface area contributed by atoms with Crippen molar-refractivity contribution in [3.8, 4) is 0 Å². The fraction of sp³-hybridized carbons (Fsp3) is 0.562. The topological polar surface area (TPSA) is 89.7 Å². The zero-order chi connectivity index (χ0) is 17.2. The molecule has 1 aliphatic rings. The Balaban J connectivity index is 2.32. The van der Waals surface area contributed by atoms with Gasteiger partial charge in [0.1, 0.15) is 0 Å². The molecule has 7 heteroatoms. The van der Waals surface area contributed by atoms with Gasteiger partial charge in [0.15, 0.2) is 0 Å². The molecule has 1 fully saturated rings. The van der Waals surface area contributed by atoms with Crippen molar-refractivity contribution in [1.82, 2.24) is 4.90 Å². The number of nitrogens with two attached hydrogens (primary N) is 1. The monoisotopic (exact) mass is 340 g/mol. The zero-order valence-electron chi connectivity index (χ0n) is 13.8. The molecule has 0 aromatic heterocycles. The van der Waals surface area contributed by atoms with Crippen molar-refractivity contribution in [1.29, 1.82) is 0 Å². The first-order valence-electron chi connectivity index (χ1n) is 7.79. The molecule has 1 amide bonds. The lowest BCUT2D eigenvalue weighted by Crippen LogP contribution is -2.43. The summed E-state index contributed by atoms with van der Waals surface area (Å²) in [6.07, 6.45) is 1.86. The number of piperidine rings is 1. The van der Waals surface area contributed by atoms with Crippen LogP contribution in [0.25, 0.3) is 0 Å². The van der Waals surface area contributed by atoms with Crippen LogP contribution in [0, 0.1) is 13.8 Å². The minimum Gasteiger partial charge on any atom is -0.377 e. The minimum absolute atomic E-state index is 0.00446. The molecule has 6 nitrogen and oxygen atoms in total. The molecule has 128 valence electrons. The number of carbonyl (C=O) groups is 1. The van der Waals surface area contributed by atoms with Gasteiger partial charge in [0.05, 0.1) is 11.0 Å². The van der Waals surface area contributed by atoms with Crippen LogP contribution >= 0.6 is 0 Å². The third-order valence-corrected chi connectivity index (χ3v) is 5.18. The Kier molecular flexibility index (Phi) is 5.44. The van der Waals surface area contributed by atoms with Crippen molar-refractivity contribution in [3.63, 3.8) is 0 Å². The molecule has 1 heterocycles. The Bertz CT molecular complexity index is 698. The van der Waals surface area contributed by atoms with Gasteiger partial charge in [0, 0.05) is 25.3 Å². The van der Waals surface area contributed by atoms with Crippen molar-refractivity contribution in [2.24, 2.45) is 5.14 Å². The van der Waals surface area contributed by atoms with Crippen LogP contribution in [0.2, 0.25) is 0 Å². The molecular weight excluding hydrogens is 316 g/mol. The Labute approximate surface area is 137 Å². The van der Waals surface area contributed by atoms with Crippen molar-refractivity contribution in [2.75, 3.05) is 19.7 Å². The summed E-state index contributed by atoms with van der Waals surface area (Å²) in [7, 11) is -3.85. The van der Waals surface area contributed by atoms with Gasteiger partial charge in [-0.15, -0.1) is 0 Å². The van der Waals surface area contributed by atoms with Gasteiger partial charge in [-0.1, -0.05) is 6.07 Å². The van der Waals surface area contributed by atoms with Crippen LogP contribution in [-0.2, 0) is 14.8 Å². The van der Waals surface area contributed by atoms with Gasteiger partial charge in [-0.05, 0) is 50.8 Å². The minimum atomic E-state index is -3.85. The summed E-state index contributed by atoms with van der Waals surface area (Å²) in [6, 6.07) is 3.09. The first-order valence-corrected chi connectivity index (χ1v) is 9.33. The summed E-state index contributed by atoms with van der Waals surface area (Å²) < 4.78 is 29.0. The van der Waals surface area contributed by atoms with E-state index in [0.29, 0.717) is 30.8 Å². The number of amides is 1. The van der Waals surface area contributed by atoms with Gasteiger partial charge < -0.3 is 9.64 Å². The number of rotatable bonds is 4. The van der Waals surface area contributed by atoms with Crippen molar-refractivity contribution in [3.05, 3.63) is 28.8 Å². The van der Waals surface area contributed by atoms with Crippen molar-refractivity contribution in [2.45, 2.75) is 44.6 Å². The van der Waals surface area contributed by atoms with E-state index in [2.05, 4.69) is 0 Å². The molecule has 0 aliphatic carbocycles. The van der Waals surface area contributed by atoms with E-state index in [0.717, 1.165) is 18.4 Å². The molecule has 1 aliphatic heterocycles. The predicted molar refractivity (Wildman–Crippen MR) is 87.8 cm³/mol. The average Bonchev–Trinajstić information content (AvgIpc) is 2.46. The van der Waals surface area contributed by atoms with Crippen LogP contribution in [0.4, 0.5) is 0 Å². The molecule has 0 radical (unpaired) electrons. The number of benzene rings is 1. The van der Waals surface area contributed by atoms with Crippen LogP contribution in [0.15, 0.2) is 17.0 Å². The number of ether oxygens (including phenoxy) is 1. The lowest BCUT2D eigenvalue weighted by atomic mass is 10.0. The average molecular weight is 340 g/mol. The summed E-state index contributed by atoms with van der Waals surface area (Å²) in [5, 5.41) is 5.24. The van der Waals surface area contributed by atoms with Crippen molar-refractivity contribution < 1.29 is 17.9 Å². The first-order chi connectivity index (χ1) is 10.7. The number of hydrogen-bond acceptors (Lipinski definition) is 4. The van der Waals surface area contributed by atoms with Gasteiger partial charge >= 0.3 is 0 Å². The Hall–Kier alpha value is -1.44. The summed E-state index contributed by atoms with van der Waals surface area (Å²) in [5.74, 6) is -0.170. The fourth-order valence-corrected chi connectivity index (χ4v) is 3.82. The third-order valence-electron chi connectivity index (χ3n) is 4.13. The van der Waals surface area contributed by atoms with Crippen LogP contribution in [0.1, 0.15) is 41.3 Å². The van der Waals surface area contributed by atoms with E-state index < -0.39 is 10.0 Å². The molecule has 1 unspecified atom stereocenters. The quantitative estimate of drug-likeness (QED) is 0.901. The second-order valence-corrected chi connectivity index (χ2v) is 7.48. The number of carbonyl (C=O) groups excluding carboxylic acids is 1. The van der Waals surface area contributed by atoms with Crippen LogP contribution in [0.3, 0.4) is 0 Å². The number of sulfonamides is 1. The van der Waals surface area contributed by atoms with Gasteiger partial charge in [0.2, 0.25) is 10.0 Å². The molecular formula is C16H24N2O4S. The SMILES string of the molecule is CCOC1CCCN(C(=O)c2cc(S(N)(=O)=O)c(C)cc2C)C1. The molecule has 1 aromatic carbocycles. The van der Waals surface area contributed by atoms with E-state index in [1.807, 2.05) is 6.92 Å². The van der Waals surface area contributed by atoms with E-state index in [-0.39, 0.29) is 16.9 Å². The van der Waals surface area contributed by atoms with E-state index >= 15 is 0 Å². The number of primary sulfonamides is 1. The summed E-state index contributed by atoms with van der Waals surface area (Å²) in [6.45, 7) is 7.21. The van der Waals surface area contributed by atoms with Crippen LogP contribution in [-0.4, -0.2) is 45.0 Å². The van der Waals surface area contributed by atoms with E-state index in [1.165, 1.54) is 6.07 Å². The number of aryl methyl sites for hydroxylation is 2. The maximum absolute atomic E-state index is 12.8. The second kappa shape index (κ2) is 6.98. The zero-order valence-corrected chi connectivity index (χ0v) is 14.6. The maximum Gasteiger partial charge on any atom is 0.254 e. The molecule has 2 rings (SSSR count). The smallest absolute Gasteiger partial charge is 0.254 e. The molecule has 23 heavy (non-hydrogen) atoms. The molecule has 0 spiro atoms. The lowest BCUT2D eigenvalue weighted by Gasteiger charge is -2.33. The fourth-order valence-electron chi connectivity index (χ4n) is 3.03. The lowest BCUT2D eigenvalue weighted by molar-refractivity contribution is 0.00720. The normalized spacial score (nSPS) is 19.0. The highest BCUT2D eigenvalue weighted by atomic mass is 32.2. The first kappa shape index (κ1) is 17.9.